The maximum Gasteiger partial charge on any atom is 0.573 e. The summed E-state index contributed by atoms with van der Waals surface area (Å²) in [6.45, 7) is 3.33. The molecule has 0 radical (unpaired) electrons. The molecule has 1 rings (SSSR count). The van der Waals surface area contributed by atoms with E-state index in [0.717, 1.165) is 12.1 Å². The number of hydrazone groups is 1. The summed E-state index contributed by atoms with van der Waals surface area (Å²) in [6.07, 6.45) is -4.76. The molecule has 0 saturated carbocycles. The number of halogens is 4. The molecule has 0 fully saturated rings. The molecule has 9 heteroatoms. The number of rotatable bonds is 5. The van der Waals surface area contributed by atoms with E-state index in [1.54, 1.807) is 6.92 Å². The number of anilines is 1. The molecule has 1 aromatic carbocycles. The van der Waals surface area contributed by atoms with Gasteiger partial charge in [-0.05, 0) is 48.0 Å². The van der Waals surface area contributed by atoms with Crippen LogP contribution in [0.3, 0.4) is 0 Å². The van der Waals surface area contributed by atoms with E-state index in [-0.39, 0.29) is 18.1 Å². The van der Waals surface area contributed by atoms with Gasteiger partial charge in [0, 0.05) is 4.47 Å². The molecular weight excluding hydrogens is 357 g/mol. The summed E-state index contributed by atoms with van der Waals surface area (Å²) in [5, 5.41) is 3.78. The summed E-state index contributed by atoms with van der Waals surface area (Å²) in [7, 11) is 0. The van der Waals surface area contributed by atoms with Crippen molar-refractivity contribution in [2.24, 2.45) is 5.10 Å². The highest BCUT2D eigenvalue weighted by Crippen LogP contribution is 2.30. The first-order valence-electron chi connectivity index (χ1n) is 5.75. The maximum atomic E-state index is 12.1. The second kappa shape index (κ2) is 7.30. The van der Waals surface area contributed by atoms with Crippen molar-refractivity contribution in [1.82, 2.24) is 0 Å². The van der Waals surface area contributed by atoms with Gasteiger partial charge < -0.3 is 9.47 Å². The highest BCUT2D eigenvalue weighted by molar-refractivity contribution is 9.10. The molecule has 1 aromatic rings. The standard InChI is InChI=1S/C12H12BrF3N2O3/c1-3-20-11(19)7(2)17-18-10-5-4-8(6-9(10)13)21-12(14,15)16/h4-6,18H,3H2,1-2H3. The quantitative estimate of drug-likeness (QED) is 0.489. The predicted molar refractivity (Wildman–Crippen MR) is 74.2 cm³/mol. The molecule has 0 aliphatic heterocycles. The van der Waals surface area contributed by atoms with Gasteiger partial charge in [0.15, 0.2) is 0 Å². The minimum Gasteiger partial charge on any atom is -0.461 e. The number of carbonyl (C=O) groups is 1. The number of hydrogen-bond donors (Lipinski definition) is 1. The van der Waals surface area contributed by atoms with Crippen LogP contribution in [0.4, 0.5) is 18.9 Å². The van der Waals surface area contributed by atoms with E-state index in [1.165, 1.54) is 13.0 Å². The van der Waals surface area contributed by atoms with Crippen molar-refractivity contribution in [3.05, 3.63) is 22.7 Å². The zero-order valence-corrected chi connectivity index (χ0v) is 12.7. The molecule has 0 amide bonds. The second-order valence-corrected chi connectivity index (χ2v) is 4.57. The van der Waals surface area contributed by atoms with Gasteiger partial charge >= 0.3 is 12.3 Å². The molecule has 0 saturated heterocycles. The van der Waals surface area contributed by atoms with Crippen LogP contribution in [0.25, 0.3) is 0 Å². The van der Waals surface area contributed by atoms with Gasteiger partial charge in [0.2, 0.25) is 0 Å². The first-order chi connectivity index (χ1) is 9.73. The molecule has 116 valence electrons. The number of benzene rings is 1. The largest absolute Gasteiger partial charge is 0.573 e. The highest BCUT2D eigenvalue weighted by Gasteiger charge is 2.31. The summed E-state index contributed by atoms with van der Waals surface area (Å²) in [5.41, 5.74) is 3.00. The number of hydrogen-bond acceptors (Lipinski definition) is 5. The van der Waals surface area contributed by atoms with Gasteiger partial charge in [-0.15, -0.1) is 13.2 Å². The predicted octanol–water partition coefficient (Wildman–Crippen LogP) is 3.70. The number of alkyl halides is 3. The number of nitrogens with zero attached hydrogens (tertiary/aromatic N) is 1. The van der Waals surface area contributed by atoms with Crippen LogP contribution in [-0.2, 0) is 9.53 Å². The van der Waals surface area contributed by atoms with Crippen LogP contribution in [-0.4, -0.2) is 24.7 Å². The minimum atomic E-state index is -4.76. The molecule has 0 unspecified atom stereocenters. The van der Waals surface area contributed by atoms with Crippen LogP contribution in [0.5, 0.6) is 5.75 Å². The monoisotopic (exact) mass is 368 g/mol. The smallest absolute Gasteiger partial charge is 0.461 e. The van der Waals surface area contributed by atoms with Crippen LogP contribution >= 0.6 is 15.9 Å². The first-order valence-corrected chi connectivity index (χ1v) is 6.55. The molecule has 21 heavy (non-hydrogen) atoms. The Kier molecular flexibility index (Phi) is 6.01. The fraction of sp³-hybridized carbons (Fsp3) is 0.333. The van der Waals surface area contributed by atoms with Crippen molar-refractivity contribution in [2.75, 3.05) is 12.0 Å². The Labute approximate surface area is 127 Å². The van der Waals surface area contributed by atoms with Gasteiger partial charge in [-0.3, -0.25) is 5.43 Å². The summed E-state index contributed by atoms with van der Waals surface area (Å²) < 4.78 is 45.0. The normalized spacial score (nSPS) is 12.0. The molecule has 1 N–H and O–H groups in total. The van der Waals surface area contributed by atoms with Crippen molar-refractivity contribution in [3.63, 3.8) is 0 Å². The van der Waals surface area contributed by atoms with Gasteiger partial charge in [-0.2, -0.15) is 5.10 Å². The Bertz CT molecular complexity index is 547. The summed E-state index contributed by atoms with van der Waals surface area (Å²) >= 11 is 3.08. The lowest BCUT2D eigenvalue weighted by Gasteiger charge is -2.11. The lowest BCUT2D eigenvalue weighted by atomic mass is 10.3. The molecule has 5 nitrogen and oxygen atoms in total. The Morgan fingerprint density at radius 2 is 2.10 bits per heavy atom. The number of esters is 1. The maximum absolute atomic E-state index is 12.1. The van der Waals surface area contributed by atoms with Crippen molar-refractivity contribution >= 4 is 33.3 Å². The Balaban J connectivity index is 2.77. The van der Waals surface area contributed by atoms with E-state index >= 15 is 0 Å². The first kappa shape index (κ1) is 17.3. The van der Waals surface area contributed by atoms with E-state index in [0.29, 0.717) is 10.2 Å². The second-order valence-electron chi connectivity index (χ2n) is 3.72. The lowest BCUT2D eigenvalue weighted by Crippen LogP contribution is -2.17. The molecule has 0 spiro atoms. The number of nitrogens with one attached hydrogen (secondary N) is 1. The van der Waals surface area contributed by atoms with Gasteiger partial charge in [0.25, 0.3) is 0 Å². The van der Waals surface area contributed by atoms with E-state index < -0.39 is 12.3 Å². The third kappa shape index (κ3) is 6.03. The van der Waals surface area contributed by atoms with E-state index in [2.05, 4.69) is 31.2 Å². The molecule has 0 aliphatic rings. The molecule has 0 aromatic heterocycles. The zero-order chi connectivity index (χ0) is 16.0. The molecular formula is C12H12BrF3N2O3. The third-order valence-electron chi connectivity index (χ3n) is 2.09. The SMILES string of the molecule is CCOC(=O)C(C)=NNc1ccc(OC(F)(F)F)cc1Br. The minimum absolute atomic E-state index is 0.0827. The van der Waals surface area contributed by atoms with Crippen molar-refractivity contribution in [3.8, 4) is 5.75 Å². The molecule has 0 bridgehead atoms. The van der Waals surface area contributed by atoms with Crippen LogP contribution in [0.2, 0.25) is 0 Å². The van der Waals surface area contributed by atoms with Crippen LogP contribution in [0.1, 0.15) is 13.8 Å². The Hall–Kier alpha value is -1.77. The Morgan fingerprint density at radius 1 is 1.43 bits per heavy atom. The summed E-state index contributed by atoms with van der Waals surface area (Å²) in [4.78, 5) is 11.3. The zero-order valence-electron chi connectivity index (χ0n) is 11.1. The Morgan fingerprint density at radius 3 is 2.62 bits per heavy atom. The lowest BCUT2D eigenvalue weighted by molar-refractivity contribution is -0.274. The van der Waals surface area contributed by atoms with Crippen LogP contribution in [0.15, 0.2) is 27.8 Å². The van der Waals surface area contributed by atoms with E-state index in [4.69, 9.17) is 4.74 Å². The number of ether oxygens (including phenoxy) is 2. The summed E-state index contributed by atoms with van der Waals surface area (Å²) in [6, 6.07) is 3.58. The van der Waals surface area contributed by atoms with Crippen molar-refractivity contribution < 1.29 is 27.4 Å². The molecule has 0 aliphatic carbocycles. The van der Waals surface area contributed by atoms with Gasteiger partial charge in [0.05, 0.1) is 12.3 Å². The topological polar surface area (TPSA) is 59.9 Å². The van der Waals surface area contributed by atoms with E-state index in [1.807, 2.05) is 0 Å². The summed E-state index contributed by atoms with van der Waals surface area (Å²) in [5.74, 6) is -0.954. The fourth-order valence-electron chi connectivity index (χ4n) is 1.21. The van der Waals surface area contributed by atoms with Crippen LogP contribution in [0, 0.1) is 0 Å². The van der Waals surface area contributed by atoms with Crippen molar-refractivity contribution in [2.45, 2.75) is 20.2 Å². The highest BCUT2D eigenvalue weighted by atomic mass is 79.9. The van der Waals surface area contributed by atoms with Crippen molar-refractivity contribution in [1.29, 1.82) is 0 Å². The third-order valence-corrected chi connectivity index (χ3v) is 2.75. The average Bonchev–Trinajstić information content (AvgIpc) is 2.35. The van der Waals surface area contributed by atoms with Crippen LogP contribution < -0.4 is 10.2 Å². The average molecular weight is 369 g/mol. The van der Waals surface area contributed by atoms with E-state index in [9.17, 15) is 18.0 Å². The molecule has 0 heterocycles. The van der Waals surface area contributed by atoms with Gasteiger partial charge in [-0.1, -0.05) is 0 Å². The van der Waals surface area contributed by atoms with Gasteiger partial charge in [0.1, 0.15) is 11.5 Å². The fourth-order valence-corrected chi connectivity index (χ4v) is 1.66. The van der Waals surface area contributed by atoms with Gasteiger partial charge in [-0.25, -0.2) is 4.79 Å². The number of carbonyl (C=O) groups excluding carboxylic acids is 1. The molecule has 0 atom stereocenters.